The number of nitrogens with zero attached hydrogens (tertiary/aromatic N) is 2. The number of hydrogen-bond donors (Lipinski definition) is 0. The molecule has 1 aromatic heterocycles. The average molecular weight is 206 g/mol. The normalized spacial score (nSPS) is 16.5. The minimum Gasteiger partial charge on any atom is -0.501 e. The van der Waals surface area contributed by atoms with Gasteiger partial charge in [-0.25, -0.2) is 0 Å². The van der Waals surface area contributed by atoms with Crippen molar-refractivity contribution >= 4 is 5.57 Å². The van der Waals surface area contributed by atoms with E-state index in [0.29, 0.717) is 6.04 Å². The predicted molar refractivity (Wildman–Crippen MR) is 60.4 cm³/mol. The zero-order valence-electron chi connectivity index (χ0n) is 9.66. The van der Waals surface area contributed by atoms with Crippen LogP contribution in [0.4, 0.5) is 0 Å². The maximum atomic E-state index is 5.42. The summed E-state index contributed by atoms with van der Waals surface area (Å²) < 4.78 is 7.49. The molecule has 1 aromatic rings. The first-order valence-corrected chi connectivity index (χ1v) is 5.54. The Balaban J connectivity index is 2.40. The van der Waals surface area contributed by atoms with Crippen molar-refractivity contribution in [3.63, 3.8) is 0 Å². The summed E-state index contributed by atoms with van der Waals surface area (Å²) in [6, 6.07) is 2.49. The molecule has 0 fully saturated rings. The van der Waals surface area contributed by atoms with Crippen LogP contribution in [0.3, 0.4) is 0 Å². The maximum Gasteiger partial charge on any atom is 0.101 e. The van der Waals surface area contributed by atoms with Gasteiger partial charge in [-0.15, -0.1) is 0 Å². The van der Waals surface area contributed by atoms with E-state index < -0.39 is 0 Å². The van der Waals surface area contributed by atoms with Crippen LogP contribution in [0.1, 0.15) is 44.8 Å². The molecule has 0 radical (unpaired) electrons. The van der Waals surface area contributed by atoms with E-state index in [-0.39, 0.29) is 0 Å². The number of hydrogen-bond acceptors (Lipinski definition) is 2. The summed E-state index contributed by atoms with van der Waals surface area (Å²) in [5.74, 6) is 1.14. The van der Waals surface area contributed by atoms with E-state index in [1.165, 1.54) is 17.7 Å². The van der Waals surface area contributed by atoms with Gasteiger partial charge in [0, 0.05) is 24.2 Å². The van der Waals surface area contributed by atoms with Gasteiger partial charge in [0.2, 0.25) is 0 Å². The highest BCUT2D eigenvalue weighted by Gasteiger charge is 2.20. The van der Waals surface area contributed by atoms with E-state index in [0.717, 1.165) is 18.6 Å². The van der Waals surface area contributed by atoms with Gasteiger partial charge in [0.05, 0.1) is 12.8 Å². The Kier molecular flexibility index (Phi) is 2.80. The molecule has 0 atom stereocenters. The van der Waals surface area contributed by atoms with Gasteiger partial charge in [0.25, 0.3) is 0 Å². The average Bonchev–Trinajstić information content (AvgIpc) is 2.85. The molecule has 0 unspecified atom stereocenters. The summed E-state index contributed by atoms with van der Waals surface area (Å²) in [6.07, 6.45) is 5.24. The van der Waals surface area contributed by atoms with Crippen molar-refractivity contribution in [1.29, 1.82) is 0 Å². The fourth-order valence-corrected chi connectivity index (χ4v) is 2.18. The minimum atomic E-state index is 0.404. The Morgan fingerprint density at radius 2 is 2.20 bits per heavy atom. The second-order valence-electron chi connectivity index (χ2n) is 4.21. The Bertz CT molecular complexity index is 377. The van der Waals surface area contributed by atoms with Crippen molar-refractivity contribution < 1.29 is 4.74 Å². The lowest BCUT2D eigenvalue weighted by molar-refractivity contribution is 0.284. The highest BCUT2D eigenvalue weighted by Crippen LogP contribution is 2.34. The summed E-state index contributed by atoms with van der Waals surface area (Å²) in [5.41, 5.74) is 2.56. The van der Waals surface area contributed by atoms with Gasteiger partial charge >= 0.3 is 0 Å². The van der Waals surface area contributed by atoms with Crippen molar-refractivity contribution in [2.75, 3.05) is 7.11 Å². The van der Waals surface area contributed by atoms with Crippen LogP contribution in [-0.4, -0.2) is 16.9 Å². The first-order valence-electron chi connectivity index (χ1n) is 5.54. The third-order valence-corrected chi connectivity index (χ3v) is 2.88. The molecule has 2 rings (SSSR count). The van der Waals surface area contributed by atoms with E-state index in [4.69, 9.17) is 4.74 Å². The Morgan fingerprint density at radius 1 is 1.40 bits per heavy atom. The predicted octanol–water partition coefficient (Wildman–Crippen LogP) is 3.01. The molecule has 0 saturated carbocycles. The van der Waals surface area contributed by atoms with Gasteiger partial charge in [-0.1, -0.05) is 0 Å². The summed E-state index contributed by atoms with van der Waals surface area (Å²) in [4.78, 5) is 0. The van der Waals surface area contributed by atoms with Crippen LogP contribution in [0.15, 0.2) is 18.0 Å². The lowest BCUT2D eigenvalue weighted by atomic mass is 10.1. The zero-order valence-corrected chi connectivity index (χ0v) is 9.66. The van der Waals surface area contributed by atoms with Crippen molar-refractivity contribution in [2.24, 2.45) is 0 Å². The van der Waals surface area contributed by atoms with Crippen LogP contribution in [-0.2, 0) is 4.74 Å². The largest absolute Gasteiger partial charge is 0.501 e. The molecule has 1 aliphatic carbocycles. The smallest absolute Gasteiger partial charge is 0.101 e. The molecule has 3 heteroatoms. The van der Waals surface area contributed by atoms with Crippen molar-refractivity contribution in [3.05, 3.63) is 23.7 Å². The van der Waals surface area contributed by atoms with Crippen molar-refractivity contribution in [1.82, 2.24) is 9.78 Å². The van der Waals surface area contributed by atoms with E-state index >= 15 is 0 Å². The van der Waals surface area contributed by atoms with Gasteiger partial charge in [0.15, 0.2) is 0 Å². The van der Waals surface area contributed by atoms with Gasteiger partial charge in [0.1, 0.15) is 5.76 Å². The molecule has 0 saturated heterocycles. The summed E-state index contributed by atoms with van der Waals surface area (Å²) >= 11 is 0. The first kappa shape index (κ1) is 10.3. The monoisotopic (exact) mass is 206 g/mol. The van der Waals surface area contributed by atoms with Crippen LogP contribution < -0.4 is 0 Å². The standard InChI is InChI=1S/C12H18N2O/c1-9(2)14-11(7-8-13-14)10-5-4-6-12(10)15-3/h7-9H,4-6H2,1-3H3. The van der Waals surface area contributed by atoms with E-state index in [1.807, 2.05) is 6.20 Å². The molecule has 0 aliphatic heterocycles. The summed E-state index contributed by atoms with van der Waals surface area (Å²) in [7, 11) is 1.76. The molecule has 82 valence electrons. The Labute approximate surface area is 90.7 Å². The zero-order chi connectivity index (χ0) is 10.8. The van der Waals surface area contributed by atoms with Crippen LogP contribution in [0.2, 0.25) is 0 Å². The van der Waals surface area contributed by atoms with Gasteiger partial charge in [-0.2, -0.15) is 5.10 Å². The topological polar surface area (TPSA) is 27.1 Å². The van der Waals surface area contributed by atoms with Crippen molar-refractivity contribution in [3.8, 4) is 0 Å². The van der Waals surface area contributed by atoms with Crippen molar-refractivity contribution in [2.45, 2.75) is 39.2 Å². The Hall–Kier alpha value is -1.25. The summed E-state index contributed by atoms with van der Waals surface area (Å²) in [6.45, 7) is 4.30. The fourth-order valence-electron chi connectivity index (χ4n) is 2.18. The number of methoxy groups -OCH3 is 1. The lowest BCUT2D eigenvalue weighted by Gasteiger charge is -2.12. The highest BCUT2D eigenvalue weighted by molar-refractivity contribution is 5.66. The third-order valence-electron chi connectivity index (χ3n) is 2.88. The van der Waals surface area contributed by atoms with Gasteiger partial charge in [-0.05, 0) is 32.8 Å². The van der Waals surface area contributed by atoms with E-state index in [9.17, 15) is 0 Å². The van der Waals surface area contributed by atoms with Gasteiger partial charge in [-0.3, -0.25) is 4.68 Å². The van der Waals surface area contributed by atoms with E-state index in [2.05, 4.69) is 29.7 Å². The number of rotatable bonds is 3. The lowest BCUT2D eigenvalue weighted by Crippen LogP contribution is -2.07. The molecule has 3 nitrogen and oxygen atoms in total. The number of aromatic nitrogens is 2. The molecule has 0 bridgehead atoms. The molecule has 1 aliphatic rings. The third kappa shape index (κ3) is 1.78. The molecule has 0 aromatic carbocycles. The second-order valence-corrected chi connectivity index (χ2v) is 4.21. The van der Waals surface area contributed by atoms with Crippen LogP contribution in [0, 0.1) is 0 Å². The first-order chi connectivity index (χ1) is 7.24. The van der Waals surface area contributed by atoms with Gasteiger partial charge < -0.3 is 4.74 Å². The molecular formula is C12H18N2O. The number of allylic oxidation sites excluding steroid dienone is 2. The minimum absolute atomic E-state index is 0.404. The van der Waals surface area contributed by atoms with Crippen LogP contribution in [0.25, 0.3) is 5.57 Å². The number of ether oxygens (including phenoxy) is 1. The van der Waals surface area contributed by atoms with Crippen LogP contribution in [0.5, 0.6) is 0 Å². The molecule has 1 heterocycles. The second kappa shape index (κ2) is 4.09. The highest BCUT2D eigenvalue weighted by atomic mass is 16.5. The van der Waals surface area contributed by atoms with E-state index in [1.54, 1.807) is 7.11 Å². The van der Waals surface area contributed by atoms with Crippen LogP contribution >= 0.6 is 0 Å². The molecular weight excluding hydrogens is 188 g/mol. The quantitative estimate of drug-likeness (QED) is 0.760. The SMILES string of the molecule is COC1=C(c2ccnn2C(C)C)CCC1. The molecule has 0 N–H and O–H groups in total. The maximum absolute atomic E-state index is 5.42. The molecule has 0 amide bonds. The summed E-state index contributed by atoms with van der Waals surface area (Å²) in [5, 5.41) is 4.36. The fraction of sp³-hybridized carbons (Fsp3) is 0.583. The Morgan fingerprint density at radius 3 is 2.87 bits per heavy atom. The molecule has 0 spiro atoms. The molecule has 15 heavy (non-hydrogen) atoms.